The molecule has 0 bridgehead atoms. The van der Waals surface area contributed by atoms with E-state index < -0.39 is 0 Å². The highest BCUT2D eigenvalue weighted by molar-refractivity contribution is 14.0. The second-order valence-corrected chi connectivity index (χ2v) is 8.55. The standard InChI is InChI=1S/C21H41N5O2.HI/c1-4-22-21(23-16-19(7-14-27)15-18(2)3)26-12-10-24(11-13-26)17-20(28)25-8-5-6-9-25;/h18-19,27H,4-17H2,1-3H3,(H,22,23);1H. The summed E-state index contributed by atoms with van der Waals surface area (Å²) in [5.74, 6) is 2.30. The minimum atomic E-state index is 0. The first-order chi connectivity index (χ1) is 13.5. The molecule has 0 aromatic heterocycles. The molecule has 2 heterocycles. The van der Waals surface area contributed by atoms with E-state index in [-0.39, 0.29) is 36.5 Å². The largest absolute Gasteiger partial charge is 0.396 e. The fraction of sp³-hybridized carbons (Fsp3) is 0.905. The Labute approximate surface area is 194 Å². The number of halogens is 1. The van der Waals surface area contributed by atoms with Crippen molar-refractivity contribution in [1.82, 2.24) is 20.0 Å². The maximum atomic E-state index is 12.4. The minimum absolute atomic E-state index is 0. The molecule has 0 aromatic rings. The van der Waals surface area contributed by atoms with Crippen LogP contribution in [0.5, 0.6) is 0 Å². The van der Waals surface area contributed by atoms with E-state index in [1.807, 2.05) is 4.90 Å². The number of nitrogens with one attached hydrogen (secondary N) is 1. The van der Waals surface area contributed by atoms with Gasteiger partial charge in [0.1, 0.15) is 0 Å². The maximum Gasteiger partial charge on any atom is 0.236 e. The smallest absolute Gasteiger partial charge is 0.236 e. The van der Waals surface area contributed by atoms with Gasteiger partial charge in [-0.05, 0) is 44.4 Å². The molecule has 2 aliphatic rings. The summed E-state index contributed by atoms with van der Waals surface area (Å²) in [5.41, 5.74) is 0. The quantitative estimate of drug-likeness (QED) is 0.274. The van der Waals surface area contributed by atoms with Gasteiger partial charge in [-0.25, -0.2) is 0 Å². The Morgan fingerprint density at radius 3 is 2.28 bits per heavy atom. The number of hydrogen-bond donors (Lipinski definition) is 2. The summed E-state index contributed by atoms with van der Waals surface area (Å²) in [6, 6.07) is 0. The van der Waals surface area contributed by atoms with Crippen LogP contribution in [0.3, 0.4) is 0 Å². The predicted octanol–water partition coefficient (Wildman–Crippen LogP) is 1.85. The van der Waals surface area contributed by atoms with E-state index in [0.717, 1.165) is 84.0 Å². The zero-order valence-corrected chi connectivity index (χ0v) is 20.9. The molecule has 0 aromatic carbocycles. The van der Waals surface area contributed by atoms with Crippen LogP contribution in [-0.2, 0) is 4.79 Å². The summed E-state index contributed by atoms with van der Waals surface area (Å²) in [4.78, 5) is 23.8. The molecule has 2 fully saturated rings. The van der Waals surface area contributed by atoms with Crippen LogP contribution in [0.15, 0.2) is 4.99 Å². The first kappa shape index (κ1) is 26.4. The number of nitrogens with zero attached hydrogens (tertiary/aromatic N) is 4. The summed E-state index contributed by atoms with van der Waals surface area (Å²) in [7, 11) is 0. The van der Waals surface area contributed by atoms with Crippen LogP contribution in [0.4, 0.5) is 0 Å². The fourth-order valence-electron chi connectivity index (χ4n) is 4.15. The highest BCUT2D eigenvalue weighted by atomic mass is 127. The molecule has 170 valence electrons. The number of amides is 1. The maximum absolute atomic E-state index is 12.4. The van der Waals surface area contributed by atoms with Gasteiger partial charge in [-0.1, -0.05) is 13.8 Å². The zero-order chi connectivity index (χ0) is 20.4. The lowest BCUT2D eigenvalue weighted by molar-refractivity contribution is -0.131. The van der Waals surface area contributed by atoms with Crippen molar-refractivity contribution in [2.45, 2.75) is 46.5 Å². The van der Waals surface area contributed by atoms with Gasteiger partial charge in [0.15, 0.2) is 5.96 Å². The molecule has 1 unspecified atom stereocenters. The summed E-state index contributed by atoms with van der Waals surface area (Å²) in [6.07, 6.45) is 4.20. The summed E-state index contributed by atoms with van der Waals surface area (Å²) in [5, 5.41) is 12.8. The number of aliphatic hydroxyl groups is 1. The van der Waals surface area contributed by atoms with Crippen LogP contribution in [0.2, 0.25) is 0 Å². The molecule has 0 aliphatic carbocycles. The highest BCUT2D eigenvalue weighted by Crippen LogP contribution is 2.16. The lowest BCUT2D eigenvalue weighted by Gasteiger charge is -2.36. The van der Waals surface area contributed by atoms with Gasteiger partial charge in [0.25, 0.3) is 0 Å². The van der Waals surface area contributed by atoms with Crippen molar-refractivity contribution in [2.24, 2.45) is 16.8 Å². The molecule has 0 radical (unpaired) electrons. The number of likely N-dealkylation sites (tertiary alicyclic amines) is 1. The Kier molecular flexibility index (Phi) is 13.1. The summed E-state index contributed by atoms with van der Waals surface area (Å²) in [6.45, 7) is 14.4. The van der Waals surface area contributed by atoms with Crippen LogP contribution in [0.1, 0.15) is 46.5 Å². The monoisotopic (exact) mass is 523 g/mol. The van der Waals surface area contributed by atoms with Gasteiger partial charge in [0.2, 0.25) is 5.91 Å². The van der Waals surface area contributed by atoms with Crippen molar-refractivity contribution >= 4 is 35.8 Å². The van der Waals surface area contributed by atoms with Crippen LogP contribution in [0, 0.1) is 11.8 Å². The van der Waals surface area contributed by atoms with E-state index in [4.69, 9.17) is 4.99 Å². The highest BCUT2D eigenvalue weighted by Gasteiger charge is 2.24. The van der Waals surface area contributed by atoms with Gasteiger partial charge in [0.05, 0.1) is 6.54 Å². The van der Waals surface area contributed by atoms with E-state index in [9.17, 15) is 9.90 Å². The Hall–Kier alpha value is -0.610. The normalized spacial score (nSPS) is 19.4. The minimum Gasteiger partial charge on any atom is -0.396 e. The number of hydrogen-bond acceptors (Lipinski definition) is 4. The Bertz CT molecular complexity index is 489. The molecule has 2 N–H and O–H groups in total. The number of aliphatic imine (C=N–C) groups is 1. The molecule has 8 heteroatoms. The molecule has 2 saturated heterocycles. The third kappa shape index (κ3) is 9.38. The topological polar surface area (TPSA) is 71.4 Å². The van der Waals surface area contributed by atoms with Gasteiger partial charge in [-0.15, -0.1) is 24.0 Å². The number of carbonyl (C=O) groups is 1. The molecule has 0 saturated carbocycles. The first-order valence-electron chi connectivity index (χ1n) is 11.2. The van der Waals surface area contributed by atoms with Crippen molar-refractivity contribution in [3.63, 3.8) is 0 Å². The van der Waals surface area contributed by atoms with Gasteiger partial charge in [-0.2, -0.15) is 0 Å². The molecule has 1 amide bonds. The van der Waals surface area contributed by atoms with Gasteiger partial charge in [-0.3, -0.25) is 14.7 Å². The van der Waals surface area contributed by atoms with E-state index >= 15 is 0 Å². The molecule has 2 rings (SSSR count). The molecule has 1 atom stereocenters. The van der Waals surface area contributed by atoms with Crippen molar-refractivity contribution in [1.29, 1.82) is 0 Å². The van der Waals surface area contributed by atoms with Crippen LogP contribution >= 0.6 is 24.0 Å². The van der Waals surface area contributed by atoms with E-state index in [1.165, 1.54) is 0 Å². The van der Waals surface area contributed by atoms with Gasteiger partial charge >= 0.3 is 0 Å². The lowest BCUT2D eigenvalue weighted by Crippen LogP contribution is -2.54. The molecular formula is C21H42IN5O2. The number of aliphatic hydroxyl groups excluding tert-OH is 1. The Morgan fingerprint density at radius 1 is 1.07 bits per heavy atom. The Morgan fingerprint density at radius 2 is 1.72 bits per heavy atom. The fourth-order valence-corrected chi connectivity index (χ4v) is 4.15. The van der Waals surface area contributed by atoms with Gasteiger partial charge < -0.3 is 20.2 Å². The molecule has 29 heavy (non-hydrogen) atoms. The van der Waals surface area contributed by atoms with Crippen molar-refractivity contribution in [3.05, 3.63) is 0 Å². The average molecular weight is 524 g/mol. The van der Waals surface area contributed by atoms with Crippen LogP contribution in [-0.4, -0.2) is 97.2 Å². The number of carbonyl (C=O) groups excluding carboxylic acids is 1. The third-order valence-corrected chi connectivity index (χ3v) is 5.67. The zero-order valence-electron chi connectivity index (χ0n) is 18.6. The van der Waals surface area contributed by atoms with Gasteiger partial charge in [0, 0.05) is 59.0 Å². The second kappa shape index (κ2) is 14.4. The average Bonchev–Trinajstić information content (AvgIpc) is 3.20. The van der Waals surface area contributed by atoms with Crippen LogP contribution in [0.25, 0.3) is 0 Å². The first-order valence-corrected chi connectivity index (χ1v) is 11.2. The molecular weight excluding hydrogens is 481 g/mol. The summed E-state index contributed by atoms with van der Waals surface area (Å²) < 4.78 is 0. The van der Waals surface area contributed by atoms with Crippen molar-refractivity contribution in [2.75, 3.05) is 65.5 Å². The Balaban J connectivity index is 0.00000420. The second-order valence-electron chi connectivity index (χ2n) is 8.55. The lowest BCUT2D eigenvalue weighted by atomic mass is 9.94. The SMILES string of the molecule is CCNC(=NCC(CCO)CC(C)C)N1CCN(CC(=O)N2CCCC2)CC1.I. The third-order valence-electron chi connectivity index (χ3n) is 5.67. The summed E-state index contributed by atoms with van der Waals surface area (Å²) >= 11 is 0. The molecule has 7 nitrogen and oxygen atoms in total. The van der Waals surface area contributed by atoms with Crippen molar-refractivity contribution < 1.29 is 9.90 Å². The number of piperazine rings is 1. The number of guanidine groups is 1. The molecule has 0 spiro atoms. The molecule has 2 aliphatic heterocycles. The predicted molar refractivity (Wildman–Crippen MR) is 130 cm³/mol. The van der Waals surface area contributed by atoms with E-state index in [2.05, 4.69) is 35.9 Å². The van der Waals surface area contributed by atoms with E-state index in [1.54, 1.807) is 0 Å². The van der Waals surface area contributed by atoms with Crippen molar-refractivity contribution in [3.8, 4) is 0 Å². The van der Waals surface area contributed by atoms with Crippen LogP contribution < -0.4 is 5.32 Å². The van der Waals surface area contributed by atoms with E-state index in [0.29, 0.717) is 18.4 Å². The number of rotatable bonds is 9.